The number of ketones is 1. The van der Waals surface area contributed by atoms with Crippen LogP contribution in [0.1, 0.15) is 33.2 Å². The van der Waals surface area contributed by atoms with E-state index >= 15 is 0 Å². The number of carbonyl (C=O) groups is 2. The molecule has 3 aromatic rings. The molecule has 0 bridgehead atoms. The first kappa shape index (κ1) is 16.0. The highest BCUT2D eigenvalue weighted by atomic mass is 16.5. The Morgan fingerprint density at radius 1 is 1.00 bits per heavy atom. The van der Waals surface area contributed by atoms with Gasteiger partial charge in [-0.1, -0.05) is 36.4 Å². The van der Waals surface area contributed by atoms with Gasteiger partial charge in [0, 0.05) is 22.1 Å². The van der Waals surface area contributed by atoms with Crippen LogP contribution in [-0.4, -0.2) is 24.0 Å². The average Bonchev–Trinajstić information content (AvgIpc) is 2.95. The fourth-order valence-electron chi connectivity index (χ4n) is 3.13. The molecule has 128 valence electrons. The normalized spacial score (nSPS) is 14.0. The zero-order valence-electron chi connectivity index (χ0n) is 14.2. The lowest BCUT2D eigenvalue weighted by Gasteiger charge is -2.05. The maximum atomic E-state index is 12.6. The number of benzene rings is 3. The van der Waals surface area contributed by atoms with Crippen molar-refractivity contribution in [3.63, 3.8) is 0 Å². The third-order valence-corrected chi connectivity index (χ3v) is 4.32. The number of Topliss-reactive ketones (excluding diaryl/α,β-unsaturated/α-hetero) is 1. The molecule has 0 saturated carbocycles. The van der Waals surface area contributed by atoms with Crippen LogP contribution in [0.15, 0.2) is 65.8 Å². The Labute approximate surface area is 150 Å². The monoisotopic (exact) mass is 344 g/mol. The van der Waals surface area contributed by atoms with Crippen LogP contribution in [0.4, 0.5) is 0 Å². The number of amides is 1. The van der Waals surface area contributed by atoms with E-state index in [1.807, 2.05) is 37.3 Å². The summed E-state index contributed by atoms with van der Waals surface area (Å²) in [5.74, 6) is 0.142. The second kappa shape index (κ2) is 6.44. The minimum Gasteiger partial charge on any atom is -0.494 e. The van der Waals surface area contributed by atoms with Crippen LogP contribution < -0.4 is 10.2 Å². The third-order valence-electron chi connectivity index (χ3n) is 4.32. The molecular formula is C21H16N2O3. The molecular weight excluding hydrogens is 328 g/mol. The number of hydrogen-bond donors (Lipinski definition) is 1. The summed E-state index contributed by atoms with van der Waals surface area (Å²) < 4.78 is 5.36. The van der Waals surface area contributed by atoms with Crippen molar-refractivity contribution in [2.75, 3.05) is 6.61 Å². The fraction of sp³-hybridized carbons (Fsp3) is 0.0952. The van der Waals surface area contributed by atoms with Crippen molar-refractivity contribution < 1.29 is 14.3 Å². The number of nitrogens with zero attached hydrogens (tertiary/aromatic N) is 1. The maximum Gasteiger partial charge on any atom is 0.271 e. The minimum atomic E-state index is -0.378. The van der Waals surface area contributed by atoms with Crippen molar-refractivity contribution >= 4 is 28.2 Å². The Bertz CT molecular complexity index is 1050. The van der Waals surface area contributed by atoms with Gasteiger partial charge in [-0.25, -0.2) is 5.43 Å². The highest BCUT2D eigenvalue weighted by Crippen LogP contribution is 2.30. The first-order valence-corrected chi connectivity index (χ1v) is 8.36. The molecule has 3 aromatic carbocycles. The van der Waals surface area contributed by atoms with Gasteiger partial charge >= 0.3 is 0 Å². The first-order chi connectivity index (χ1) is 12.7. The summed E-state index contributed by atoms with van der Waals surface area (Å²) in [7, 11) is 0. The molecule has 1 amide bonds. The molecule has 0 spiro atoms. The number of nitrogens with one attached hydrogen (secondary N) is 1. The van der Waals surface area contributed by atoms with Crippen molar-refractivity contribution in [1.29, 1.82) is 0 Å². The highest BCUT2D eigenvalue weighted by Gasteiger charge is 2.28. The zero-order valence-corrected chi connectivity index (χ0v) is 14.2. The second-order valence-corrected chi connectivity index (χ2v) is 5.90. The van der Waals surface area contributed by atoms with Crippen molar-refractivity contribution in [3.8, 4) is 5.75 Å². The van der Waals surface area contributed by atoms with E-state index in [1.54, 1.807) is 30.3 Å². The number of rotatable bonds is 4. The smallest absolute Gasteiger partial charge is 0.271 e. The number of ether oxygens (including phenoxy) is 1. The number of hydrogen-bond acceptors (Lipinski definition) is 4. The van der Waals surface area contributed by atoms with Crippen LogP contribution in [0, 0.1) is 0 Å². The van der Waals surface area contributed by atoms with Gasteiger partial charge in [-0.15, -0.1) is 0 Å². The number of carbonyl (C=O) groups excluding carboxylic acids is 2. The van der Waals surface area contributed by atoms with E-state index in [4.69, 9.17) is 4.74 Å². The van der Waals surface area contributed by atoms with Gasteiger partial charge in [0.2, 0.25) is 5.78 Å². The minimum absolute atomic E-state index is 0.177. The Hall–Kier alpha value is -3.47. The fourth-order valence-corrected chi connectivity index (χ4v) is 3.13. The van der Waals surface area contributed by atoms with Crippen molar-refractivity contribution in [2.24, 2.45) is 5.10 Å². The average molecular weight is 344 g/mol. The summed E-state index contributed by atoms with van der Waals surface area (Å²) in [6.45, 7) is 2.46. The molecule has 4 rings (SSSR count). The second-order valence-electron chi connectivity index (χ2n) is 5.90. The van der Waals surface area contributed by atoms with Gasteiger partial charge in [-0.05, 0) is 36.6 Å². The molecule has 5 nitrogen and oxygen atoms in total. The van der Waals surface area contributed by atoms with Crippen LogP contribution in [0.5, 0.6) is 5.75 Å². The lowest BCUT2D eigenvalue weighted by Crippen LogP contribution is -2.22. The standard InChI is InChI=1S/C21H16N2O3/c1-2-26-15-11-9-14(10-12-15)21(25)23-22-19-16-7-3-5-13-6-4-8-17(18(13)16)20(19)24/h3-12H,2H2,1H3,(H,23,25)/b22-19-. The van der Waals surface area contributed by atoms with Crippen molar-refractivity contribution in [3.05, 3.63) is 77.4 Å². The molecule has 1 aliphatic carbocycles. The van der Waals surface area contributed by atoms with Gasteiger partial charge in [-0.3, -0.25) is 9.59 Å². The lowest BCUT2D eigenvalue weighted by atomic mass is 10.1. The van der Waals surface area contributed by atoms with Crippen LogP contribution in [-0.2, 0) is 0 Å². The van der Waals surface area contributed by atoms with Gasteiger partial charge in [0.1, 0.15) is 11.5 Å². The predicted molar refractivity (Wildman–Crippen MR) is 99.9 cm³/mol. The van der Waals surface area contributed by atoms with Crippen LogP contribution >= 0.6 is 0 Å². The number of hydrazone groups is 1. The lowest BCUT2D eigenvalue weighted by molar-refractivity contribution is 0.0955. The van der Waals surface area contributed by atoms with E-state index in [1.165, 1.54) is 0 Å². The van der Waals surface area contributed by atoms with Gasteiger partial charge in [0.15, 0.2) is 0 Å². The molecule has 5 heteroatoms. The molecule has 0 atom stereocenters. The van der Waals surface area contributed by atoms with Crippen molar-refractivity contribution in [1.82, 2.24) is 5.43 Å². The van der Waals surface area contributed by atoms with Crippen LogP contribution in [0.3, 0.4) is 0 Å². The molecule has 26 heavy (non-hydrogen) atoms. The van der Waals surface area contributed by atoms with E-state index in [0.29, 0.717) is 23.5 Å². The van der Waals surface area contributed by atoms with E-state index in [0.717, 1.165) is 16.3 Å². The molecule has 0 aliphatic heterocycles. The summed E-state index contributed by atoms with van der Waals surface area (Å²) >= 11 is 0. The quantitative estimate of drug-likeness (QED) is 0.736. The largest absolute Gasteiger partial charge is 0.494 e. The molecule has 0 fully saturated rings. The highest BCUT2D eigenvalue weighted by molar-refractivity contribution is 6.59. The third kappa shape index (κ3) is 2.63. The van der Waals surface area contributed by atoms with Gasteiger partial charge in [0.05, 0.1) is 6.61 Å². The molecule has 0 saturated heterocycles. The van der Waals surface area contributed by atoms with E-state index < -0.39 is 0 Å². The Kier molecular flexibility index (Phi) is 3.97. The first-order valence-electron chi connectivity index (χ1n) is 8.36. The Morgan fingerprint density at radius 3 is 2.38 bits per heavy atom. The summed E-state index contributed by atoms with van der Waals surface area (Å²) in [6, 6.07) is 18.0. The van der Waals surface area contributed by atoms with E-state index in [2.05, 4.69) is 10.5 Å². The predicted octanol–water partition coefficient (Wildman–Crippen LogP) is 3.57. The SMILES string of the molecule is CCOc1ccc(C(=O)N/N=C2\C(=O)c3cccc4cccc2c34)cc1. The zero-order chi connectivity index (χ0) is 18.1. The molecule has 0 unspecified atom stereocenters. The summed E-state index contributed by atoms with van der Waals surface area (Å²) in [5.41, 5.74) is 4.55. The van der Waals surface area contributed by atoms with Gasteiger partial charge < -0.3 is 4.74 Å². The molecule has 1 aliphatic rings. The molecule has 0 radical (unpaired) electrons. The van der Waals surface area contributed by atoms with Crippen molar-refractivity contribution in [2.45, 2.75) is 6.92 Å². The topological polar surface area (TPSA) is 67.8 Å². The van der Waals surface area contributed by atoms with Crippen LogP contribution in [0.25, 0.3) is 10.8 Å². The maximum absolute atomic E-state index is 12.6. The van der Waals surface area contributed by atoms with E-state index in [-0.39, 0.29) is 17.4 Å². The summed E-state index contributed by atoms with van der Waals surface area (Å²) in [5, 5.41) is 5.98. The van der Waals surface area contributed by atoms with Gasteiger partial charge in [-0.2, -0.15) is 5.10 Å². The molecule has 1 N–H and O–H groups in total. The summed E-state index contributed by atoms with van der Waals surface area (Å²) in [4.78, 5) is 25.0. The molecule has 0 heterocycles. The van der Waals surface area contributed by atoms with Crippen LogP contribution in [0.2, 0.25) is 0 Å². The summed E-state index contributed by atoms with van der Waals surface area (Å²) in [6.07, 6.45) is 0. The molecule has 0 aromatic heterocycles. The Balaban J connectivity index is 1.61. The van der Waals surface area contributed by atoms with E-state index in [9.17, 15) is 9.59 Å². The Morgan fingerprint density at radius 2 is 1.69 bits per heavy atom. The van der Waals surface area contributed by atoms with Gasteiger partial charge in [0.25, 0.3) is 5.91 Å².